The minimum atomic E-state index is -0.105. The molecule has 4 rings (SSSR count). The molecule has 0 aliphatic carbocycles. The number of rotatable bonds is 6. The van der Waals surface area contributed by atoms with E-state index in [4.69, 9.17) is 19.2 Å². The number of nitrogens with zero attached hydrogens (tertiary/aromatic N) is 4. The SMILES string of the molecule is COCc1nc2c(cnn2C2CCOCC2)c(=O)n1Cc1ccc(OC)cc1. The zero-order valence-electron chi connectivity index (χ0n) is 16.1. The maximum atomic E-state index is 13.2. The quantitative estimate of drug-likeness (QED) is 0.648. The lowest BCUT2D eigenvalue weighted by Crippen LogP contribution is -2.27. The molecule has 0 atom stereocenters. The number of aromatic nitrogens is 4. The van der Waals surface area contributed by atoms with Gasteiger partial charge in [0.1, 0.15) is 23.6 Å². The monoisotopic (exact) mass is 384 g/mol. The standard InChI is InChI=1S/C20H24N4O4/c1-26-13-18-22-19-17(11-21-24(19)15-7-9-28-10-8-15)20(25)23(18)12-14-3-5-16(27-2)6-4-14/h3-6,11,15H,7-10,12-13H2,1-2H3. The fourth-order valence-electron chi connectivity index (χ4n) is 3.58. The molecule has 3 aromatic rings. The molecule has 1 aliphatic rings. The van der Waals surface area contributed by atoms with Crippen molar-refractivity contribution in [2.75, 3.05) is 27.4 Å². The van der Waals surface area contributed by atoms with Crippen LogP contribution in [0.5, 0.6) is 5.75 Å². The Morgan fingerprint density at radius 3 is 2.61 bits per heavy atom. The zero-order chi connectivity index (χ0) is 19.5. The van der Waals surface area contributed by atoms with Crippen LogP contribution in [0.3, 0.4) is 0 Å². The van der Waals surface area contributed by atoms with Crippen molar-refractivity contribution in [3.05, 3.63) is 52.2 Å². The van der Waals surface area contributed by atoms with Crippen LogP contribution in [0.4, 0.5) is 0 Å². The second-order valence-electron chi connectivity index (χ2n) is 6.87. The van der Waals surface area contributed by atoms with E-state index < -0.39 is 0 Å². The predicted molar refractivity (Wildman–Crippen MR) is 104 cm³/mol. The van der Waals surface area contributed by atoms with Crippen LogP contribution >= 0.6 is 0 Å². The third-order valence-corrected chi connectivity index (χ3v) is 5.10. The average Bonchev–Trinajstić information content (AvgIpc) is 3.16. The summed E-state index contributed by atoms with van der Waals surface area (Å²) >= 11 is 0. The molecule has 3 heterocycles. The summed E-state index contributed by atoms with van der Waals surface area (Å²) in [5.41, 5.74) is 1.50. The number of ether oxygens (including phenoxy) is 3. The maximum absolute atomic E-state index is 13.2. The molecule has 28 heavy (non-hydrogen) atoms. The van der Waals surface area contributed by atoms with Gasteiger partial charge >= 0.3 is 0 Å². The Hall–Kier alpha value is -2.71. The van der Waals surface area contributed by atoms with Gasteiger partial charge in [-0.3, -0.25) is 9.36 Å². The van der Waals surface area contributed by atoms with Crippen molar-refractivity contribution in [1.82, 2.24) is 19.3 Å². The van der Waals surface area contributed by atoms with E-state index in [0.717, 1.165) is 24.2 Å². The van der Waals surface area contributed by atoms with E-state index in [9.17, 15) is 4.79 Å². The smallest absolute Gasteiger partial charge is 0.265 e. The van der Waals surface area contributed by atoms with Crippen LogP contribution in [0.1, 0.15) is 30.3 Å². The summed E-state index contributed by atoms with van der Waals surface area (Å²) in [5.74, 6) is 1.36. The summed E-state index contributed by atoms with van der Waals surface area (Å²) in [6.07, 6.45) is 3.36. The highest BCUT2D eigenvalue weighted by atomic mass is 16.5. The van der Waals surface area contributed by atoms with E-state index in [-0.39, 0.29) is 18.2 Å². The van der Waals surface area contributed by atoms with Gasteiger partial charge < -0.3 is 14.2 Å². The predicted octanol–water partition coefficient (Wildman–Crippen LogP) is 2.15. The largest absolute Gasteiger partial charge is 0.497 e. The van der Waals surface area contributed by atoms with Crippen LogP contribution in [0.15, 0.2) is 35.3 Å². The van der Waals surface area contributed by atoms with Crippen LogP contribution in [0.25, 0.3) is 11.0 Å². The number of hydrogen-bond donors (Lipinski definition) is 0. The van der Waals surface area contributed by atoms with Crippen LogP contribution < -0.4 is 10.3 Å². The van der Waals surface area contributed by atoms with Crippen LogP contribution in [-0.2, 0) is 22.6 Å². The average molecular weight is 384 g/mol. The molecule has 8 heteroatoms. The molecule has 2 aromatic heterocycles. The lowest BCUT2D eigenvalue weighted by molar-refractivity contribution is 0.0673. The first-order chi connectivity index (χ1) is 13.7. The first kappa shape index (κ1) is 18.6. The van der Waals surface area contributed by atoms with Gasteiger partial charge in [-0.2, -0.15) is 5.10 Å². The Balaban J connectivity index is 1.76. The van der Waals surface area contributed by atoms with Crippen molar-refractivity contribution in [1.29, 1.82) is 0 Å². The Morgan fingerprint density at radius 1 is 1.18 bits per heavy atom. The molecule has 0 unspecified atom stereocenters. The molecule has 0 amide bonds. The zero-order valence-corrected chi connectivity index (χ0v) is 16.1. The van der Waals surface area contributed by atoms with Gasteiger partial charge in [0.05, 0.1) is 25.9 Å². The molecule has 1 fully saturated rings. The first-order valence-corrected chi connectivity index (χ1v) is 9.38. The van der Waals surface area contributed by atoms with E-state index in [1.807, 2.05) is 28.9 Å². The normalized spacial score (nSPS) is 15.2. The molecular formula is C20H24N4O4. The molecule has 8 nitrogen and oxygen atoms in total. The fourth-order valence-corrected chi connectivity index (χ4v) is 3.58. The van der Waals surface area contributed by atoms with Crippen molar-refractivity contribution < 1.29 is 14.2 Å². The second-order valence-corrected chi connectivity index (χ2v) is 6.87. The Bertz CT molecular complexity index is 1000. The Morgan fingerprint density at radius 2 is 1.93 bits per heavy atom. The van der Waals surface area contributed by atoms with Gasteiger partial charge in [-0.25, -0.2) is 9.67 Å². The summed E-state index contributed by atoms with van der Waals surface area (Å²) < 4.78 is 19.5. The highest BCUT2D eigenvalue weighted by Gasteiger charge is 2.22. The van der Waals surface area contributed by atoms with Crippen molar-refractivity contribution in [2.45, 2.75) is 32.0 Å². The maximum Gasteiger partial charge on any atom is 0.265 e. The third-order valence-electron chi connectivity index (χ3n) is 5.10. The number of benzene rings is 1. The molecule has 1 saturated heterocycles. The molecule has 0 saturated carbocycles. The third kappa shape index (κ3) is 3.53. The van der Waals surface area contributed by atoms with Gasteiger partial charge in [0, 0.05) is 20.3 Å². The number of fused-ring (bicyclic) bond motifs is 1. The van der Waals surface area contributed by atoms with E-state index >= 15 is 0 Å². The molecule has 0 radical (unpaired) electrons. The summed E-state index contributed by atoms with van der Waals surface area (Å²) in [6, 6.07) is 7.84. The van der Waals surface area contributed by atoms with Crippen LogP contribution in [0.2, 0.25) is 0 Å². The summed E-state index contributed by atoms with van der Waals surface area (Å²) in [5, 5.41) is 5.01. The van der Waals surface area contributed by atoms with Crippen LogP contribution in [-0.4, -0.2) is 46.8 Å². The minimum Gasteiger partial charge on any atom is -0.497 e. The highest BCUT2D eigenvalue weighted by molar-refractivity contribution is 5.73. The summed E-state index contributed by atoms with van der Waals surface area (Å²) in [7, 11) is 3.23. The first-order valence-electron chi connectivity index (χ1n) is 9.38. The number of hydrogen-bond acceptors (Lipinski definition) is 6. The fraction of sp³-hybridized carbons (Fsp3) is 0.450. The topological polar surface area (TPSA) is 80.4 Å². The van der Waals surface area contributed by atoms with Gasteiger partial charge in [0.25, 0.3) is 5.56 Å². The highest BCUT2D eigenvalue weighted by Crippen LogP contribution is 2.23. The van der Waals surface area contributed by atoms with Gasteiger partial charge in [-0.05, 0) is 30.5 Å². The molecular weight excluding hydrogens is 360 g/mol. The summed E-state index contributed by atoms with van der Waals surface area (Å²) in [4.78, 5) is 18.0. The van der Waals surface area contributed by atoms with Crippen molar-refractivity contribution in [2.24, 2.45) is 0 Å². The van der Waals surface area contributed by atoms with Gasteiger partial charge in [0.2, 0.25) is 0 Å². The molecule has 0 bridgehead atoms. The Labute approximate surface area is 162 Å². The van der Waals surface area contributed by atoms with Crippen molar-refractivity contribution in [3.8, 4) is 5.75 Å². The lowest BCUT2D eigenvalue weighted by Gasteiger charge is -2.23. The van der Waals surface area contributed by atoms with E-state index in [0.29, 0.717) is 36.6 Å². The molecule has 1 aliphatic heterocycles. The number of methoxy groups -OCH3 is 2. The Kier molecular flexibility index (Phi) is 5.40. The van der Waals surface area contributed by atoms with Crippen molar-refractivity contribution in [3.63, 3.8) is 0 Å². The van der Waals surface area contributed by atoms with Crippen LogP contribution in [0, 0.1) is 0 Å². The second kappa shape index (κ2) is 8.12. The van der Waals surface area contributed by atoms with Crippen molar-refractivity contribution >= 4 is 11.0 Å². The molecule has 0 N–H and O–H groups in total. The lowest BCUT2D eigenvalue weighted by atomic mass is 10.1. The van der Waals surface area contributed by atoms with Gasteiger partial charge in [-0.1, -0.05) is 12.1 Å². The minimum absolute atomic E-state index is 0.105. The van der Waals surface area contributed by atoms with Gasteiger partial charge in [-0.15, -0.1) is 0 Å². The molecule has 1 aromatic carbocycles. The van der Waals surface area contributed by atoms with E-state index in [1.165, 1.54) is 0 Å². The van der Waals surface area contributed by atoms with E-state index in [2.05, 4.69) is 5.10 Å². The molecule has 0 spiro atoms. The van der Waals surface area contributed by atoms with E-state index in [1.54, 1.807) is 25.0 Å². The van der Waals surface area contributed by atoms with Gasteiger partial charge in [0.15, 0.2) is 5.65 Å². The molecule has 148 valence electrons. The summed E-state index contributed by atoms with van der Waals surface area (Å²) in [6.45, 7) is 2.06.